The summed E-state index contributed by atoms with van der Waals surface area (Å²) in [5.74, 6) is 1.75. The summed E-state index contributed by atoms with van der Waals surface area (Å²) in [6.07, 6.45) is 26.5. The highest BCUT2D eigenvalue weighted by Gasteiger charge is 2.18. The summed E-state index contributed by atoms with van der Waals surface area (Å²) in [6.45, 7) is 2.29. The van der Waals surface area contributed by atoms with Crippen molar-refractivity contribution < 1.29 is 0 Å². The van der Waals surface area contributed by atoms with Crippen LogP contribution in [0.1, 0.15) is 96.8 Å². The molecule has 0 bridgehead atoms. The third kappa shape index (κ3) is 7.70. The molecule has 0 saturated heterocycles. The van der Waals surface area contributed by atoms with Crippen molar-refractivity contribution in [2.45, 2.75) is 103 Å². The van der Waals surface area contributed by atoms with Crippen molar-refractivity contribution in [2.75, 3.05) is 0 Å². The average molecular weight is 318 g/mol. The molecule has 1 fully saturated rings. The average Bonchev–Trinajstić information content (AvgIpc) is 2.58. The smallest absolute Gasteiger partial charge is 0.00390 e. The Morgan fingerprint density at radius 2 is 1.70 bits per heavy atom. The number of rotatable bonds is 10. The first kappa shape index (κ1) is 18.8. The summed E-state index contributed by atoms with van der Waals surface area (Å²) in [7, 11) is 0. The van der Waals surface area contributed by atoms with Crippen LogP contribution in [-0.4, -0.2) is 6.04 Å². The van der Waals surface area contributed by atoms with E-state index in [2.05, 4.69) is 25.2 Å². The van der Waals surface area contributed by atoms with Gasteiger partial charge in [0.15, 0.2) is 0 Å². The van der Waals surface area contributed by atoms with Crippen molar-refractivity contribution in [1.29, 1.82) is 0 Å². The standard InChI is InChI=1S/C22H39N/c1-2-3-4-5-6-7-8-19-9-11-20(12-10-19)13-14-21-15-17-22(23)18-16-21/h9,11-12,19,21-22H,2-8,10,13-18,23H2,1H3. The zero-order valence-corrected chi connectivity index (χ0v) is 15.4. The van der Waals surface area contributed by atoms with Crippen molar-refractivity contribution in [1.82, 2.24) is 0 Å². The molecule has 2 aliphatic rings. The molecule has 2 N–H and O–H groups in total. The molecule has 2 aliphatic carbocycles. The monoisotopic (exact) mass is 317 g/mol. The van der Waals surface area contributed by atoms with Crippen molar-refractivity contribution in [3.05, 3.63) is 23.8 Å². The van der Waals surface area contributed by atoms with Gasteiger partial charge in [0.25, 0.3) is 0 Å². The maximum absolute atomic E-state index is 6.00. The molecule has 1 unspecified atom stereocenters. The van der Waals surface area contributed by atoms with Gasteiger partial charge in [-0.1, -0.05) is 69.2 Å². The fraction of sp³-hybridized carbons (Fsp3) is 0.818. The van der Waals surface area contributed by atoms with Crippen LogP contribution in [0.15, 0.2) is 23.8 Å². The Balaban J connectivity index is 1.53. The summed E-state index contributed by atoms with van der Waals surface area (Å²) in [5.41, 5.74) is 7.60. The summed E-state index contributed by atoms with van der Waals surface area (Å²) in [6, 6.07) is 0.489. The lowest BCUT2D eigenvalue weighted by molar-refractivity contribution is 0.311. The second-order valence-corrected chi connectivity index (χ2v) is 8.01. The quantitative estimate of drug-likeness (QED) is 0.455. The van der Waals surface area contributed by atoms with Crippen LogP contribution in [0.2, 0.25) is 0 Å². The molecule has 1 atom stereocenters. The lowest BCUT2D eigenvalue weighted by atomic mass is 9.82. The van der Waals surface area contributed by atoms with Crippen LogP contribution in [0.4, 0.5) is 0 Å². The first-order chi connectivity index (χ1) is 11.3. The molecule has 1 heteroatoms. The van der Waals surface area contributed by atoms with Gasteiger partial charge in [0.2, 0.25) is 0 Å². The molecule has 1 nitrogen and oxygen atoms in total. The minimum absolute atomic E-state index is 0.489. The van der Waals surface area contributed by atoms with Gasteiger partial charge in [-0.05, 0) is 63.2 Å². The van der Waals surface area contributed by atoms with E-state index >= 15 is 0 Å². The Bertz CT molecular complexity index is 360. The van der Waals surface area contributed by atoms with Gasteiger partial charge in [0.1, 0.15) is 0 Å². The summed E-state index contributed by atoms with van der Waals surface area (Å²) >= 11 is 0. The van der Waals surface area contributed by atoms with Crippen LogP contribution in [0, 0.1) is 11.8 Å². The fourth-order valence-corrected chi connectivity index (χ4v) is 4.14. The van der Waals surface area contributed by atoms with Crippen LogP contribution in [0.3, 0.4) is 0 Å². The Morgan fingerprint density at radius 3 is 2.39 bits per heavy atom. The van der Waals surface area contributed by atoms with Gasteiger partial charge in [0.05, 0.1) is 0 Å². The van der Waals surface area contributed by atoms with E-state index in [-0.39, 0.29) is 0 Å². The van der Waals surface area contributed by atoms with E-state index in [4.69, 9.17) is 5.73 Å². The Kier molecular flexibility index (Phi) is 9.04. The van der Waals surface area contributed by atoms with Gasteiger partial charge < -0.3 is 5.73 Å². The van der Waals surface area contributed by atoms with Crippen molar-refractivity contribution in [3.8, 4) is 0 Å². The molecular formula is C22H39N. The molecule has 0 aliphatic heterocycles. The molecule has 132 valence electrons. The zero-order chi connectivity index (χ0) is 16.3. The van der Waals surface area contributed by atoms with Crippen LogP contribution in [0.25, 0.3) is 0 Å². The molecule has 2 rings (SSSR count). The molecule has 0 amide bonds. The summed E-state index contributed by atoms with van der Waals surface area (Å²) < 4.78 is 0. The van der Waals surface area contributed by atoms with Gasteiger partial charge in [-0.15, -0.1) is 0 Å². The highest BCUT2D eigenvalue weighted by molar-refractivity contribution is 5.23. The summed E-state index contributed by atoms with van der Waals surface area (Å²) in [4.78, 5) is 0. The number of allylic oxidation sites excluding steroid dienone is 4. The fourth-order valence-electron chi connectivity index (χ4n) is 4.14. The molecule has 0 aromatic heterocycles. The number of nitrogens with two attached hydrogens (primary N) is 1. The lowest BCUT2D eigenvalue weighted by Crippen LogP contribution is -2.26. The van der Waals surface area contributed by atoms with E-state index in [1.165, 1.54) is 89.9 Å². The highest BCUT2D eigenvalue weighted by Crippen LogP contribution is 2.30. The molecule has 1 saturated carbocycles. The van der Waals surface area contributed by atoms with Crippen molar-refractivity contribution in [2.24, 2.45) is 17.6 Å². The normalized spacial score (nSPS) is 27.9. The molecule has 0 heterocycles. The van der Waals surface area contributed by atoms with Gasteiger partial charge in [-0.3, -0.25) is 0 Å². The molecule has 23 heavy (non-hydrogen) atoms. The summed E-state index contributed by atoms with van der Waals surface area (Å²) in [5, 5.41) is 0. The molecule has 0 radical (unpaired) electrons. The van der Waals surface area contributed by atoms with Gasteiger partial charge >= 0.3 is 0 Å². The van der Waals surface area contributed by atoms with Crippen LogP contribution in [0.5, 0.6) is 0 Å². The first-order valence-electron chi connectivity index (χ1n) is 10.4. The Hall–Kier alpha value is -0.560. The van der Waals surface area contributed by atoms with E-state index in [0.29, 0.717) is 6.04 Å². The Labute approximate surface area is 144 Å². The predicted molar refractivity (Wildman–Crippen MR) is 102 cm³/mol. The second-order valence-electron chi connectivity index (χ2n) is 8.01. The zero-order valence-electron chi connectivity index (χ0n) is 15.4. The lowest BCUT2D eigenvalue weighted by Gasteiger charge is -2.26. The number of hydrogen-bond acceptors (Lipinski definition) is 1. The van der Waals surface area contributed by atoms with Gasteiger partial charge in [0, 0.05) is 6.04 Å². The minimum Gasteiger partial charge on any atom is -0.328 e. The number of unbranched alkanes of at least 4 members (excludes halogenated alkanes) is 5. The Morgan fingerprint density at radius 1 is 0.957 bits per heavy atom. The predicted octanol–water partition coefficient (Wildman–Crippen LogP) is 6.54. The van der Waals surface area contributed by atoms with Crippen LogP contribution in [-0.2, 0) is 0 Å². The van der Waals surface area contributed by atoms with Crippen LogP contribution < -0.4 is 5.73 Å². The molecule has 0 aromatic carbocycles. The van der Waals surface area contributed by atoms with Crippen molar-refractivity contribution in [3.63, 3.8) is 0 Å². The van der Waals surface area contributed by atoms with Gasteiger partial charge in [-0.2, -0.15) is 0 Å². The maximum Gasteiger partial charge on any atom is 0.00390 e. The molecule has 0 spiro atoms. The van der Waals surface area contributed by atoms with Gasteiger partial charge in [-0.25, -0.2) is 0 Å². The topological polar surface area (TPSA) is 26.0 Å². The third-order valence-corrected chi connectivity index (χ3v) is 5.93. The number of hydrogen-bond donors (Lipinski definition) is 1. The van der Waals surface area contributed by atoms with E-state index < -0.39 is 0 Å². The van der Waals surface area contributed by atoms with E-state index in [9.17, 15) is 0 Å². The third-order valence-electron chi connectivity index (χ3n) is 5.93. The molecular weight excluding hydrogens is 278 g/mol. The van der Waals surface area contributed by atoms with Crippen molar-refractivity contribution >= 4 is 0 Å². The maximum atomic E-state index is 6.00. The second kappa shape index (κ2) is 11.1. The van der Waals surface area contributed by atoms with E-state index in [0.717, 1.165) is 11.8 Å². The SMILES string of the molecule is CCCCCCCCC1C=CC(CCC2CCC(N)CC2)=CC1. The largest absolute Gasteiger partial charge is 0.328 e. The highest BCUT2D eigenvalue weighted by atomic mass is 14.6. The minimum atomic E-state index is 0.489. The van der Waals surface area contributed by atoms with E-state index in [1.807, 2.05) is 0 Å². The van der Waals surface area contributed by atoms with Crippen LogP contribution >= 0.6 is 0 Å². The first-order valence-corrected chi connectivity index (χ1v) is 10.4. The van der Waals surface area contributed by atoms with E-state index in [1.54, 1.807) is 5.57 Å². The molecule has 0 aromatic rings.